The van der Waals surface area contributed by atoms with Gasteiger partial charge in [0.05, 0.1) is 15.5 Å². The Morgan fingerprint density at radius 3 is 2.47 bits per heavy atom. The van der Waals surface area contributed by atoms with Crippen LogP contribution in [0.2, 0.25) is 5.02 Å². The van der Waals surface area contributed by atoms with E-state index in [4.69, 9.17) is 22.4 Å². The van der Waals surface area contributed by atoms with Crippen molar-refractivity contribution in [1.82, 2.24) is 0 Å². The average molecular weight is 319 g/mol. The zero-order chi connectivity index (χ0) is 14.1. The summed E-state index contributed by atoms with van der Waals surface area (Å²) in [6, 6.07) is -0.408. The number of aliphatic hydroxyl groups is 1. The van der Waals surface area contributed by atoms with Gasteiger partial charge in [-0.05, 0) is 6.07 Å². The van der Waals surface area contributed by atoms with Crippen molar-refractivity contribution in [3.63, 3.8) is 0 Å². The molecule has 0 aliphatic heterocycles. The lowest BCUT2D eigenvalue weighted by molar-refractivity contribution is -0.386. The fourth-order valence-corrected chi connectivity index (χ4v) is 1.51. The lowest BCUT2D eigenvalue weighted by atomic mass is 9.99. The highest BCUT2D eigenvalue weighted by molar-refractivity contribution is 6.32. The summed E-state index contributed by atoms with van der Waals surface area (Å²) in [5.41, 5.74) is 3.55. The number of aliphatic hydroxyl groups excluding tert-OH is 1. The van der Waals surface area contributed by atoms with Crippen molar-refractivity contribution in [1.29, 1.82) is 0 Å². The van der Waals surface area contributed by atoms with Gasteiger partial charge in [-0.1, -0.05) is 11.6 Å². The highest BCUT2D eigenvalue weighted by Gasteiger charge is 2.42. The maximum absolute atomic E-state index is 13.2. The third-order valence-electron chi connectivity index (χ3n) is 2.32. The minimum Gasteiger partial charge on any atom is -0.506 e. The van der Waals surface area contributed by atoms with Crippen LogP contribution in [0.3, 0.4) is 0 Å². The Bertz CT molecular complexity index is 488. The first-order chi connectivity index (χ1) is 8.22. The zero-order valence-electron chi connectivity index (χ0n) is 9.22. The molecular formula is C9H10Cl2F2N2O4. The molecule has 0 saturated heterocycles. The van der Waals surface area contributed by atoms with Crippen LogP contribution >= 0.6 is 24.0 Å². The van der Waals surface area contributed by atoms with E-state index in [1.807, 2.05) is 0 Å². The van der Waals surface area contributed by atoms with Crippen molar-refractivity contribution in [2.75, 3.05) is 6.61 Å². The van der Waals surface area contributed by atoms with Crippen LogP contribution in [0.5, 0.6) is 5.75 Å². The molecule has 0 saturated carbocycles. The number of nitro benzene ring substituents is 1. The molecular weight excluding hydrogens is 309 g/mol. The van der Waals surface area contributed by atoms with Gasteiger partial charge in [-0.25, -0.2) is 8.78 Å². The van der Waals surface area contributed by atoms with Gasteiger partial charge in [0, 0.05) is 6.07 Å². The predicted octanol–water partition coefficient (Wildman–Crippen LogP) is 2.00. The quantitative estimate of drug-likeness (QED) is 0.581. The lowest BCUT2D eigenvalue weighted by Crippen LogP contribution is -2.36. The van der Waals surface area contributed by atoms with Gasteiger partial charge < -0.3 is 15.9 Å². The number of rotatable bonds is 4. The number of nitrogens with zero attached hydrogens (tertiary/aromatic N) is 1. The SMILES string of the molecule is Cl.N[C@@H](c1c([N+](=O)[O-])ccc(Cl)c1O)C(F)(F)CO. The van der Waals surface area contributed by atoms with Crippen LogP contribution < -0.4 is 5.73 Å². The summed E-state index contributed by atoms with van der Waals surface area (Å²) in [5, 5.41) is 28.4. The van der Waals surface area contributed by atoms with Gasteiger partial charge in [0.15, 0.2) is 0 Å². The summed E-state index contributed by atoms with van der Waals surface area (Å²) < 4.78 is 26.5. The Morgan fingerprint density at radius 2 is 2.05 bits per heavy atom. The van der Waals surface area contributed by atoms with Crippen LogP contribution in [0.4, 0.5) is 14.5 Å². The largest absolute Gasteiger partial charge is 0.506 e. The number of nitrogens with two attached hydrogens (primary N) is 1. The van der Waals surface area contributed by atoms with Crippen molar-refractivity contribution < 1.29 is 23.9 Å². The molecule has 0 aliphatic carbocycles. The third-order valence-corrected chi connectivity index (χ3v) is 2.62. The molecule has 1 rings (SSSR count). The molecule has 19 heavy (non-hydrogen) atoms. The van der Waals surface area contributed by atoms with Gasteiger partial charge >= 0.3 is 0 Å². The zero-order valence-corrected chi connectivity index (χ0v) is 10.8. The molecule has 1 atom stereocenters. The normalized spacial score (nSPS) is 12.7. The number of nitro groups is 1. The van der Waals surface area contributed by atoms with E-state index in [0.29, 0.717) is 0 Å². The minimum absolute atomic E-state index is 0. The van der Waals surface area contributed by atoms with Gasteiger partial charge in [0.1, 0.15) is 18.4 Å². The summed E-state index contributed by atoms with van der Waals surface area (Å²) in [6.45, 7) is -1.61. The summed E-state index contributed by atoms with van der Waals surface area (Å²) in [6.07, 6.45) is 0. The molecule has 0 amide bonds. The number of hydrogen-bond acceptors (Lipinski definition) is 5. The van der Waals surface area contributed by atoms with Gasteiger partial charge in [0.2, 0.25) is 0 Å². The van der Waals surface area contributed by atoms with Crippen molar-refractivity contribution in [2.24, 2.45) is 5.73 Å². The molecule has 10 heteroatoms. The average Bonchev–Trinajstić information content (AvgIpc) is 2.31. The van der Waals surface area contributed by atoms with Gasteiger partial charge in [-0.15, -0.1) is 12.4 Å². The predicted molar refractivity (Wildman–Crippen MR) is 66.0 cm³/mol. The molecule has 0 fully saturated rings. The summed E-state index contributed by atoms with van der Waals surface area (Å²) in [4.78, 5) is 9.72. The van der Waals surface area contributed by atoms with Crippen molar-refractivity contribution in [3.8, 4) is 5.75 Å². The van der Waals surface area contributed by atoms with Crippen LogP contribution in [-0.2, 0) is 0 Å². The number of hydrogen-bond donors (Lipinski definition) is 3. The van der Waals surface area contributed by atoms with E-state index in [-0.39, 0.29) is 17.4 Å². The monoisotopic (exact) mass is 318 g/mol. The Hall–Kier alpha value is -1.22. The lowest BCUT2D eigenvalue weighted by Gasteiger charge is -2.22. The van der Waals surface area contributed by atoms with E-state index >= 15 is 0 Å². The van der Waals surface area contributed by atoms with Gasteiger partial charge in [0.25, 0.3) is 11.6 Å². The minimum atomic E-state index is -3.83. The molecule has 0 radical (unpaired) electrons. The standard InChI is InChI=1S/C9H9ClF2N2O4.ClH/c10-4-1-2-5(14(17)18)6(7(4)16)8(13)9(11,12)3-15;/h1-2,8,15-16H,3,13H2;1H/t8-;/m0./s1. The smallest absolute Gasteiger partial charge is 0.289 e. The number of aromatic hydroxyl groups is 1. The molecule has 0 aliphatic rings. The maximum atomic E-state index is 13.2. The van der Waals surface area contributed by atoms with Crippen molar-refractivity contribution in [2.45, 2.75) is 12.0 Å². The molecule has 0 heterocycles. The van der Waals surface area contributed by atoms with E-state index in [1.54, 1.807) is 0 Å². The number of alkyl halides is 2. The highest BCUT2D eigenvalue weighted by Crippen LogP contribution is 2.42. The summed E-state index contributed by atoms with van der Waals surface area (Å²) >= 11 is 5.49. The molecule has 6 nitrogen and oxygen atoms in total. The Kier molecular flexibility index (Phi) is 5.88. The number of phenolic OH excluding ortho intramolecular Hbond substituents is 1. The molecule has 4 N–H and O–H groups in total. The van der Waals surface area contributed by atoms with Gasteiger partial charge in [-0.3, -0.25) is 10.1 Å². The van der Waals surface area contributed by atoms with Crippen LogP contribution in [0.15, 0.2) is 12.1 Å². The molecule has 108 valence electrons. The first kappa shape index (κ1) is 17.8. The molecule has 0 bridgehead atoms. The van der Waals surface area contributed by atoms with Crippen LogP contribution in [0, 0.1) is 10.1 Å². The van der Waals surface area contributed by atoms with E-state index in [1.165, 1.54) is 0 Å². The highest BCUT2D eigenvalue weighted by atomic mass is 35.5. The second-order valence-electron chi connectivity index (χ2n) is 3.48. The second-order valence-corrected chi connectivity index (χ2v) is 3.89. The van der Waals surface area contributed by atoms with E-state index in [2.05, 4.69) is 0 Å². The third kappa shape index (κ3) is 3.41. The number of benzene rings is 1. The topological polar surface area (TPSA) is 110 Å². The Morgan fingerprint density at radius 1 is 1.53 bits per heavy atom. The van der Waals surface area contributed by atoms with E-state index in [0.717, 1.165) is 12.1 Å². The second kappa shape index (κ2) is 6.29. The number of phenols is 1. The fraction of sp³-hybridized carbons (Fsp3) is 0.333. The molecule has 1 aromatic carbocycles. The summed E-state index contributed by atoms with van der Waals surface area (Å²) in [7, 11) is 0. The summed E-state index contributed by atoms with van der Waals surface area (Å²) in [5.74, 6) is -4.72. The van der Waals surface area contributed by atoms with Gasteiger partial charge in [-0.2, -0.15) is 0 Å². The van der Waals surface area contributed by atoms with Crippen LogP contribution in [0.25, 0.3) is 0 Å². The Labute approximate surface area is 117 Å². The molecule has 1 aromatic rings. The molecule has 0 unspecified atom stereocenters. The fourth-order valence-electron chi connectivity index (χ4n) is 1.35. The van der Waals surface area contributed by atoms with E-state index in [9.17, 15) is 24.0 Å². The van der Waals surface area contributed by atoms with Crippen molar-refractivity contribution >= 4 is 29.7 Å². The van der Waals surface area contributed by atoms with E-state index < -0.39 is 40.5 Å². The molecule has 0 spiro atoms. The van der Waals surface area contributed by atoms with Crippen LogP contribution in [0.1, 0.15) is 11.6 Å². The molecule has 0 aromatic heterocycles. The first-order valence-corrected chi connectivity index (χ1v) is 5.00. The maximum Gasteiger partial charge on any atom is 0.289 e. The number of halogens is 4. The van der Waals surface area contributed by atoms with Crippen molar-refractivity contribution in [3.05, 3.63) is 32.8 Å². The Balaban J connectivity index is 0.00000324. The van der Waals surface area contributed by atoms with Crippen LogP contribution in [-0.4, -0.2) is 27.7 Å². The first-order valence-electron chi connectivity index (χ1n) is 4.62.